The van der Waals surface area contributed by atoms with Crippen LogP contribution in [0.15, 0.2) is 36.5 Å². The van der Waals surface area contributed by atoms with Gasteiger partial charge in [0, 0.05) is 5.56 Å². The molecule has 2 atom stereocenters. The summed E-state index contributed by atoms with van der Waals surface area (Å²) in [6.45, 7) is 0.694. The van der Waals surface area contributed by atoms with Crippen LogP contribution in [0.5, 0.6) is 0 Å². The average Bonchev–Trinajstić information content (AvgIpc) is 3.13. The molecule has 2 aliphatic heterocycles. The minimum absolute atomic E-state index is 0.139. The second kappa shape index (κ2) is 5.11. The molecule has 3 heterocycles. The molecule has 7 nitrogen and oxygen atoms in total. The number of aliphatic hydroxyl groups is 1. The Hall–Kier alpha value is -2.38. The molecular weight excluding hydrogens is 284 g/mol. The van der Waals surface area contributed by atoms with E-state index in [-0.39, 0.29) is 24.7 Å². The van der Waals surface area contributed by atoms with Crippen molar-refractivity contribution in [2.24, 2.45) is 0 Å². The number of nitrogens with one attached hydrogen (secondary N) is 1. The van der Waals surface area contributed by atoms with E-state index in [1.54, 1.807) is 11.1 Å². The van der Waals surface area contributed by atoms with Gasteiger partial charge in [-0.2, -0.15) is 10.2 Å². The summed E-state index contributed by atoms with van der Waals surface area (Å²) in [4.78, 5) is 19.9. The summed E-state index contributed by atoms with van der Waals surface area (Å²) < 4.78 is 0. The second-order valence-electron chi connectivity index (χ2n) is 5.47. The number of hydrogen-bond donors (Lipinski definition) is 2. The predicted octanol–water partition coefficient (Wildman–Crippen LogP) is 1.37. The minimum Gasteiger partial charge on any atom is -0.394 e. The number of urea groups is 1. The van der Waals surface area contributed by atoms with Gasteiger partial charge in [-0.25, -0.2) is 4.79 Å². The quantitative estimate of drug-likeness (QED) is 0.893. The summed E-state index contributed by atoms with van der Waals surface area (Å²) in [5.41, 5.74) is 2.70. The Morgan fingerprint density at radius 1 is 1.36 bits per heavy atom. The first-order valence-corrected chi connectivity index (χ1v) is 7.20. The summed E-state index contributed by atoms with van der Waals surface area (Å²) in [5.74, 6) is 0. The van der Waals surface area contributed by atoms with Crippen molar-refractivity contribution in [3.05, 3.63) is 53.3 Å². The SMILES string of the molecule is O=C1N2C[C@H](c3cn[nH]c3[C@H]2CO)N1OCc1ccccc1. The third-order valence-electron chi connectivity index (χ3n) is 4.24. The van der Waals surface area contributed by atoms with Gasteiger partial charge in [0.2, 0.25) is 0 Å². The molecule has 2 bridgehead atoms. The number of benzene rings is 1. The standard InChI is InChI=1S/C15H16N4O3/c20-8-13-14-11(6-16-17-14)12-7-18(13)15(21)19(12)22-9-10-4-2-1-3-5-10/h1-6,12-13,20H,7-9H2,(H,16,17)/t12-,13-/m1/s1. The molecule has 0 aliphatic carbocycles. The topological polar surface area (TPSA) is 81.7 Å². The maximum Gasteiger partial charge on any atom is 0.345 e. The van der Waals surface area contributed by atoms with Gasteiger partial charge in [0.25, 0.3) is 0 Å². The Morgan fingerprint density at radius 2 is 2.18 bits per heavy atom. The van der Waals surface area contributed by atoms with Gasteiger partial charge < -0.3 is 10.0 Å². The number of amides is 2. The van der Waals surface area contributed by atoms with Crippen LogP contribution in [0.2, 0.25) is 0 Å². The summed E-state index contributed by atoms with van der Waals surface area (Å²) >= 11 is 0. The van der Waals surface area contributed by atoms with Crippen molar-refractivity contribution in [2.75, 3.05) is 13.2 Å². The van der Waals surface area contributed by atoms with Gasteiger partial charge in [-0.3, -0.25) is 9.94 Å². The highest BCUT2D eigenvalue weighted by atomic mass is 16.7. The molecule has 1 fully saturated rings. The molecule has 114 valence electrons. The number of rotatable bonds is 4. The van der Waals surface area contributed by atoms with Crippen LogP contribution in [-0.2, 0) is 11.4 Å². The number of fused-ring (bicyclic) bond motifs is 4. The summed E-state index contributed by atoms with van der Waals surface area (Å²) in [7, 11) is 0. The van der Waals surface area contributed by atoms with Gasteiger partial charge in [0.05, 0.1) is 31.1 Å². The smallest absolute Gasteiger partial charge is 0.345 e. The van der Waals surface area contributed by atoms with Crippen LogP contribution >= 0.6 is 0 Å². The van der Waals surface area contributed by atoms with Gasteiger partial charge >= 0.3 is 6.03 Å². The van der Waals surface area contributed by atoms with E-state index < -0.39 is 0 Å². The predicted molar refractivity (Wildman–Crippen MR) is 76.3 cm³/mol. The lowest BCUT2D eigenvalue weighted by molar-refractivity contribution is -0.141. The van der Waals surface area contributed by atoms with Crippen LogP contribution in [0.1, 0.15) is 28.9 Å². The highest BCUT2D eigenvalue weighted by molar-refractivity contribution is 5.78. The number of carbonyl (C=O) groups excluding carboxylic acids is 1. The highest BCUT2D eigenvalue weighted by Gasteiger charge is 2.49. The van der Waals surface area contributed by atoms with E-state index in [0.717, 1.165) is 16.8 Å². The Labute approximate surface area is 127 Å². The number of carbonyl (C=O) groups is 1. The van der Waals surface area contributed by atoms with Crippen molar-refractivity contribution in [3.63, 3.8) is 0 Å². The first-order chi connectivity index (χ1) is 10.8. The number of H-pyrrole nitrogens is 1. The largest absolute Gasteiger partial charge is 0.394 e. The van der Waals surface area contributed by atoms with E-state index in [4.69, 9.17) is 4.84 Å². The number of hydrogen-bond acceptors (Lipinski definition) is 4. The number of hydroxylamine groups is 2. The zero-order valence-electron chi connectivity index (χ0n) is 11.8. The van der Waals surface area contributed by atoms with E-state index in [9.17, 15) is 9.90 Å². The normalized spacial score (nSPS) is 23.0. The van der Waals surface area contributed by atoms with Crippen molar-refractivity contribution >= 4 is 6.03 Å². The molecule has 2 N–H and O–H groups in total. The molecule has 2 aliphatic rings. The number of nitrogens with zero attached hydrogens (tertiary/aromatic N) is 3. The zero-order chi connectivity index (χ0) is 15.1. The molecular formula is C15H16N4O3. The summed E-state index contributed by atoms with van der Waals surface area (Å²) in [5, 5.41) is 17.9. The molecule has 0 spiro atoms. The molecule has 2 amide bonds. The molecule has 0 unspecified atom stereocenters. The molecule has 2 aromatic rings. The number of aliphatic hydroxyl groups excluding tert-OH is 1. The lowest BCUT2D eigenvalue weighted by atomic mass is 9.99. The maximum atomic E-state index is 12.5. The molecule has 1 aromatic carbocycles. The van der Waals surface area contributed by atoms with Crippen LogP contribution in [0.4, 0.5) is 4.79 Å². The fourth-order valence-corrected chi connectivity index (χ4v) is 3.13. The van der Waals surface area contributed by atoms with Gasteiger partial charge in [-0.05, 0) is 5.56 Å². The van der Waals surface area contributed by atoms with E-state index in [1.165, 1.54) is 5.06 Å². The summed E-state index contributed by atoms with van der Waals surface area (Å²) in [6, 6.07) is 8.92. The summed E-state index contributed by atoms with van der Waals surface area (Å²) in [6.07, 6.45) is 1.71. The van der Waals surface area contributed by atoms with Gasteiger partial charge in [-0.15, -0.1) is 0 Å². The number of aromatic nitrogens is 2. The molecule has 1 saturated heterocycles. The van der Waals surface area contributed by atoms with Gasteiger partial charge in [0.15, 0.2) is 0 Å². The Balaban J connectivity index is 1.59. The van der Waals surface area contributed by atoms with Crippen molar-refractivity contribution in [1.29, 1.82) is 0 Å². The lowest BCUT2D eigenvalue weighted by Gasteiger charge is -2.28. The average molecular weight is 300 g/mol. The van der Waals surface area contributed by atoms with Crippen molar-refractivity contribution in [3.8, 4) is 0 Å². The van der Waals surface area contributed by atoms with Gasteiger partial charge in [-0.1, -0.05) is 30.3 Å². The van der Waals surface area contributed by atoms with Crippen LogP contribution in [-0.4, -0.2) is 44.4 Å². The number of aromatic amines is 1. The highest BCUT2D eigenvalue weighted by Crippen LogP contribution is 2.42. The van der Waals surface area contributed by atoms with E-state index >= 15 is 0 Å². The molecule has 0 saturated carbocycles. The monoisotopic (exact) mass is 300 g/mol. The van der Waals surface area contributed by atoms with Crippen molar-refractivity contribution in [2.45, 2.75) is 18.7 Å². The van der Waals surface area contributed by atoms with Gasteiger partial charge in [0.1, 0.15) is 12.6 Å². The second-order valence-corrected chi connectivity index (χ2v) is 5.47. The zero-order valence-corrected chi connectivity index (χ0v) is 11.8. The van der Waals surface area contributed by atoms with E-state index in [1.807, 2.05) is 30.3 Å². The Morgan fingerprint density at radius 3 is 2.95 bits per heavy atom. The maximum absolute atomic E-state index is 12.5. The lowest BCUT2D eigenvalue weighted by Crippen LogP contribution is -2.36. The Kier molecular flexibility index (Phi) is 3.09. The van der Waals surface area contributed by atoms with Crippen LogP contribution in [0, 0.1) is 0 Å². The third-order valence-corrected chi connectivity index (χ3v) is 4.24. The third kappa shape index (κ3) is 1.90. The molecule has 1 aromatic heterocycles. The van der Waals surface area contributed by atoms with E-state index in [0.29, 0.717) is 13.2 Å². The Bertz CT molecular complexity index is 687. The fourth-order valence-electron chi connectivity index (χ4n) is 3.13. The molecule has 0 radical (unpaired) electrons. The molecule has 4 rings (SSSR count). The van der Waals surface area contributed by atoms with Crippen molar-refractivity contribution < 1.29 is 14.7 Å². The first kappa shape index (κ1) is 13.3. The first-order valence-electron chi connectivity index (χ1n) is 7.20. The van der Waals surface area contributed by atoms with E-state index in [2.05, 4.69) is 10.2 Å². The fraction of sp³-hybridized carbons (Fsp3) is 0.333. The van der Waals surface area contributed by atoms with Crippen LogP contribution in [0.25, 0.3) is 0 Å². The van der Waals surface area contributed by atoms with Crippen LogP contribution in [0.3, 0.4) is 0 Å². The van der Waals surface area contributed by atoms with Crippen LogP contribution < -0.4 is 0 Å². The van der Waals surface area contributed by atoms with Crippen molar-refractivity contribution in [1.82, 2.24) is 20.2 Å². The molecule has 7 heteroatoms. The minimum atomic E-state index is -0.383. The molecule has 22 heavy (non-hydrogen) atoms.